The average molecular weight is 370 g/mol. The Balaban J connectivity index is 3.31. The van der Waals surface area contributed by atoms with E-state index >= 15 is 0 Å². The monoisotopic (exact) mass is 369 g/mol. The van der Waals surface area contributed by atoms with Gasteiger partial charge in [-0.15, -0.1) is 0 Å². The van der Waals surface area contributed by atoms with Gasteiger partial charge >= 0.3 is 0 Å². The Morgan fingerprint density at radius 1 is 0.462 bits per heavy atom. The maximum atomic E-state index is 5.53. The number of hydrogen-bond donors (Lipinski definition) is 1. The summed E-state index contributed by atoms with van der Waals surface area (Å²) in [6.45, 7) is 5.90. The molecule has 0 aliphatic carbocycles. The van der Waals surface area contributed by atoms with Gasteiger partial charge < -0.3 is 10.2 Å². The minimum absolute atomic E-state index is 0.867. The summed E-state index contributed by atoms with van der Waals surface area (Å²) < 4.78 is 1.23. The summed E-state index contributed by atoms with van der Waals surface area (Å²) in [6.07, 6.45) is 25.5. The molecule has 0 radical (unpaired) electrons. The molecule has 0 atom stereocenters. The Bertz CT molecular complexity index is 263. The fraction of sp³-hybridized carbons (Fsp3) is 1.00. The summed E-state index contributed by atoms with van der Waals surface area (Å²) in [4.78, 5) is 0. The van der Waals surface area contributed by atoms with Crippen molar-refractivity contribution in [1.29, 1.82) is 0 Å². The van der Waals surface area contributed by atoms with Gasteiger partial charge in [-0.05, 0) is 38.6 Å². The van der Waals surface area contributed by atoms with Crippen LogP contribution in [0.1, 0.15) is 122 Å². The zero-order valence-electron chi connectivity index (χ0n) is 18.9. The Morgan fingerprint density at radius 3 is 1.12 bits per heavy atom. The molecule has 0 aromatic heterocycles. The quantitative estimate of drug-likeness (QED) is 0.170. The standard InChI is InChI=1S/C24H53N2/c1-4-5-6-7-8-9-11-14-17-20-23-26(2,3)24-21-18-15-12-10-13-16-19-22-25/h4-25H2,1-3H3/q+1. The lowest BCUT2D eigenvalue weighted by Crippen LogP contribution is -2.41. The molecular formula is C24H53N2+. The van der Waals surface area contributed by atoms with Gasteiger partial charge in [0.2, 0.25) is 0 Å². The highest BCUT2D eigenvalue weighted by atomic mass is 15.3. The molecule has 0 aliphatic heterocycles. The highest BCUT2D eigenvalue weighted by molar-refractivity contribution is 4.50. The van der Waals surface area contributed by atoms with Crippen molar-refractivity contribution in [3.8, 4) is 0 Å². The maximum Gasteiger partial charge on any atom is 0.0782 e. The summed E-state index contributed by atoms with van der Waals surface area (Å²) in [5.74, 6) is 0. The molecule has 0 spiro atoms. The van der Waals surface area contributed by atoms with Crippen LogP contribution in [0, 0.1) is 0 Å². The van der Waals surface area contributed by atoms with Crippen molar-refractivity contribution in [3.05, 3.63) is 0 Å². The van der Waals surface area contributed by atoms with Gasteiger partial charge in [-0.1, -0.05) is 90.4 Å². The molecule has 0 unspecified atom stereocenters. The van der Waals surface area contributed by atoms with Gasteiger partial charge in [-0.25, -0.2) is 0 Å². The molecule has 0 fully saturated rings. The van der Waals surface area contributed by atoms with E-state index in [2.05, 4.69) is 21.0 Å². The predicted octanol–water partition coefficient (Wildman–Crippen LogP) is 7.06. The molecule has 0 aromatic rings. The normalized spacial score (nSPS) is 12.0. The van der Waals surface area contributed by atoms with E-state index in [1.54, 1.807) is 0 Å². The van der Waals surface area contributed by atoms with Gasteiger partial charge in [0.25, 0.3) is 0 Å². The molecule has 158 valence electrons. The SMILES string of the molecule is CCCCCCCCCCCC[N+](C)(C)CCCCCCCCCCN. The lowest BCUT2D eigenvalue weighted by Gasteiger charge is -2.30. The molecule has 2 N–H and O–H groups in total. The number of rotatable bonds is 21. The van der Waals surface area contributed by atoms with Crippen LogP contribution in [0.25, 0.3) is 0 Å². The molecule has 0 amide bonds. The van der Waals surface area contributed by atoms with Crippen molar-refractivity contribution in [2.45, 2.75) is 122 Å². The largest absolute Gasteiger partial charge is 0.330 e. The van der Waals surface area contributed by atoms with Crippen LogP contribution in [0.4, 0.5) is 0 Å². The van der Waals surface area contributed by atoms with E-state index in [-0.39, 0.29) is 0 Å². The van der Waals surface area contributed by atoms with Crippen LogP contribution in [0.15, 0.2) is 0 Å². The summed E-state index contributed by atoms with van der Waals surface area (Å²) in [5, 5.41) is 0. The third-order valence-corrected chi connectivity index (χ3v) is 5.83. The van der Waals surface area contributed by atoms with Gasteiger partial charge in [-0.2, -0.15) is 0 Å². The smallest absolute Gasteiger partial charge is 0.0782 e. The van der Waals surface area contributed by atoms with Gasteiger partial charge in [0, 0.05) is 0 Å². The first-order valence-electron chi connectivity index (χ1n) is 12.1. The molecule has 2 heteroatoms. The van der Waals surface area contributed by atoms with Crippen LogP contribution in [-0.4, -0.2) is 38.2 Å². The minimum atomic E-state index is 0.867. The molecule has 0 rings (SSSR count). The number of nitrogens with two attached hydrogens (primary N) is 1. The second-order valence-corrected chi connectivity index (χ2v) is 9.18. The zero-order chi connectivity index (χ0) is 19.3. The molecule has 2 nitrogen and oxygen atoms in total. The van der Waals surface area contributed by atoms with Crippen LogP contribution >= 0.6 is 0 Å². The zero-order valence-corrected chi connectivity index (χ0v) is 18.9. The van der Waals surface area contributed by atoms with E-state index in [0.717, 1.165) is 6.54 Å². The number of quaternary nitrogens is 1. The van der Waals surface area contributed by atoms with Crippen molar-refractivity contribution < 1.29 is 4.48 Å². The van der Waals surface area contributed by atoms with E-state index in [9.17, 15) is 0 Å². The van der Waals surface area contributed by atoms with Crippen molar-refractivity contribution >= 4 is 0 Å². The molecule has 0 heterocycles. The summed E-state index contributed by atoms with van der Waals surface area (Å²) in [5.41, 5.74) is 5.53. The Hall–Kier alpha value is -0.0800. The Kier molecular flexibility index (Phi) is 19.6. The van der Waals surface area contributed by atoms with Crippen molar-refractivity contribution in [2.24, 2.45) is 5.73 Å². The Morgan fingerprint density at radius 2 is 0.769 bits per heavy atom. The van der Waals surface area contributed by atoms with Gasteiger partial charge in [0.15, 0.2) is 0 Å². The highest BCUT2D eigenvalue weighted by Crippen LogP contribution is 2.13. The van der Waals surface area contributed by atoms with E-state index in [1.807, 2.05) is 0 Å². The molecule has 0 aromatic carbocycles. The van der Waals surface area contributed by atoms with Crippen LogP contribution in [-0.2, 0) is 0 Å². The first kappa shape index (κ1) is 25.9. The summed E-state index contributed by atoms with van der Waals surface area (Å²) >= 11 is 0. The molecule has 0 saturated carbocycles. The fourth-order valence-electron chi connectivity index (χ4n) is 3.88. The minimum Gasteiger partial charge on any atom is -0.330 e. The van der Waals surface area contributed by atoms with Crippen molar-refractivity contribution in [1.82, 2.24) is 0 Å². The second-order valence-electron chi connectivity index (χ2n) is 9.18. The molecule has 0 saturated heterocycles. The predicted molar refractivity (Wildman–Crippen MR) is 120 cm³/mol. The fourth-order valence-corrected chi connectivity index (χ4v) is 3.88. The lowest BCUT2D eigenvalue weighted by molar-refractivity contribution is -0.890. The van der Waals surface area contributed by atoms with E-state index in [1.165, 1.54) is 133 Å². The van der Waals surface area contributed by atoms with E-state index in [0.29, 0.717) is 0 Å². The second kappa shape index (κ2) is 19.7. The van der Waals surface area contributed by atoms with Crippen molar-refractivity contribution in [3.63, 3.8) is 0 Å². The number of unbranched alkanes of at least 4 members (excludes halogenated alkanes) is 16. The van der Waals surface area contributed by atoms with E-state index in [4.69, 9.17) is 5.73 Å². The maximum absolute atomic E-state index is 5.53. The molecule has 0 bridgehead atoms. The summed E-state index contributed by atoms with van der Waals surface area (Å²) in [6, 6.07) is 0. The van der Waals surface area contributed by atoms with E-state index < -0.39 is 0 Å². The van der Waals surface area contributed by atoms with Gasteiger partial charge in [-0.3, -0.25) is 0 Å². The van der Waals surface area contributed by atoms with Crippen molar-refractivity contribution in [2.75, 3.05) is 33.7 Å². The Labute approximate surface area is 166 Å². The average Bonchev–Trinajstić information content (AvgIpc) is 2.62. The first-order valence-corrected chi connectivity index (χ1v) is 12.1. The molecule has 26 heavy (non-hydrogen) atoms. The van der Waals surface area contributed by atoms with Crippen LogP contribution in [0.2, 0.25) is 0 Å². The topological polar surface area (TPSA) is 26.0 Å². The van der Waals surface area contributed by atoms with Crippen LogP contribution in [0.5, 0.6) is 0 Å². The lowest BCUT2D eigenvalue weighted by atomic mass is 10.1. The van der Waals surface area contributed by atoms with Gasteiger partial charge in [0.05, 0.1) is 27.2 Å². The molecular weight excluding hydrogens is 316 g/mol. The third kappa shape index (κ3) is 20.2. The first-order chi connectivity index (χ1) is 12.6. The van der Waals surface area contributed by atoms with Crippen LogP contribution in [0.3, 0.4) is 0 Å². The highest BCUT2D eigenvalue weighted by Gasteiger charge is 2.13. The number of nitrogens with zero attached hydrogens (tertiary/aromatic N) is 1. The number of hydrogen-bond acceptors (Lipinski definition) is 1. The third-order valence-electron chi connectivity index (χ3n) is 5.83. The van der Waals surface area contributed by atoms with Crippen LogP contribution < -0.4 is 5.73 Å². The summed E-state index contributed by atoms with van der Waals surface area (Å²) in [7, 11) is 4.86. The molecule has 0 aliphatic rings. The van der Waals surface area contributed by atoms with Gasteiger partial charge in [0.1, 0.15) is 0 Å².